The Kier molecular flexibility index (Phi) is 4.10. The van der Waals surface area contributed by atoms with Gasteiger partial charge in [0.25, 0.3) is 5.91 Å². The predicted molar refractivity (Wildman–Crippen MR) is 64.8 cm³/mol. The largest absolute Gasteiger partial charge is 0.432 e. The first kappa shape index (κ1) is 15.5. The minimum Gasteiger partial charge on any atom is -0.349 e. The van der Waals surface area contributed by atoms with Gasteiger partial charge < -0.3 is 5.32 Å². The molecule has 0 fully saturated rings. The summed E-state index contributed by atoms with van der Waals surface area (Å²) in [5.41, 5.74) is -1.73. The van der Waals surface area contributed by atoms with Crippen LogP contribution in [0.5, 0.6) is 0 Å². The Morgan fingerprint density at radius 3 is 2.77 bits per heavy atom. The number of nitrogens with one attached hydrogen (secondary N) is 2. The molecule has 2 heterocycles. The lowest BCUT2D eigenvalue weighted by Crippen LogP contribution is -2.27. The number of hydrogen-bond acceptors (Lipinski definition) is 5. The van der Waals surface area contributed by atoms with Gasteiger partial charge >= 0.3 is 11.9 Å². The summed E-state index contributed by atoms with van der Waals surface area (Å²) in [5, 5.41) is 21.5. The molecule has 22 heavy (non-hydrogen) atoms. The van der Waals surface area contributed by atoms with Gasteiger partial charge in [0.1, 0.15) is 18.1 Å². The van der Waals surface area contributed by atoms with Crippen molar-refractivity contribution >= 4 is 11.6 Å². The van der Waals surface area contributed by atoms with Gasteiger partial charge in [-0.1, -0.05) is 0 Å². The van der Waals surface area contributed by atoms with Crippen LogP contribution in [0.1, 0.15) is 16.2 Å². The van der Waals surface area contributed by atoms with Gasteiger partial charge in [-0.05, 0) is 0 Å². The first-order chi connectivity index (χ1) is 10.3. The molecule has 0 radical (unpaired) electrons. The molecule has 0 aliphatic carbocycles. The van der Waals surface area contributed by atoms with Gasteiger partial charge in [-0.15, -0.1) is 0 Å². The number of nitro groups is 1. The van der Waals surface area contributed by atoms with Crippen molar-refractivity contribution in [2.75, 3.05) is 6.54 Å². The number of carbonyl (C=O) groups is 1. The minimum absolute atomic E-state index is 0.0197. The number of H-pyrrole nitrogens is 1. The average molecular weight is 318 g/mol. The van der Waals surface area contributed by atoms with E-state index in [1.807, 2.05) is 0 Å². The van der Waals surface area contributed by atoms with Crippen molar-refractivity contribution in [2.24, 2.45) is 0 Å². The average Bonchev–Trinajstić information content (AvgIpc) is 3.07. The molecule has 2 aromatic heterocycles. The maximum atomic E-state index is 12.3. The molecule has 0 atom stereocenters. The molecule has 0 spiro atoms. The Morgan fingerprint density at radius 1 is 1.50 bits per heavy atom. The highest BCUT2D eigenvalue weighted by Crippen LogP contribution is 2.27. The van der Waals surface area contributed by atoms with Gasteiger partial charge in [0.15, 0.2) is 5.69 Å². The van der Waals surface area contributed by atoms with Gasteiger partial charge in [0, 0.05) is 12.6 Å². The molecule has 1 amide bonds. The molecular formula is C10H9F3N6O3. The summed E-state index contributed by atoms with van der Waals surface area (Å²) in [7, 11) is 0. The smallest absolute Gasteiger partial charge is 0.349 e. The lowest BCUT2D eigenvalue weighted by atomic mass is 10.3. The van der Waals surface area contributed by atoms with E-state index in [1.165, 1.54) is 10.9 Å². The van der Waals surface area contributed by atoms with Crippen LogP contribution < -0.4 is 5.32 Å². The van der Waals surface area contributed by atoms with E-state index in [4.69, 9.17) is 0 Å². The highest BCUT2D eigenvalue weighted by Gasteiger charge is 2.33. The predicted octanol–water partition coefficient (Wildman–Crippen LogP) is 0.963. The lowest BCUT2D eigenvalue weighted by molar-refractivity contribution is -0.385. The van der Waals surface area contributed by atoms with Gasteiger partial charge in [0.2, 0.25) is 0 Å². The molecule has 0 saturated heterocycles. The first-order valence-corrected chi connectivity index (χ1v) is 5.85. The van der Waals surface area contributed by atoms with Crippen LogP contribution in [0.3, 0.4) is 0 Å². The van der Waals surface area contributed by atoms with E-state index >= 15 is 0 Å². The van der Waals surface area contributed by atoms with Crippen LogP contribution in [-0.4, -0.2) is 37.4 Å². The molecule has 0 saturated carbocycles. The van der Waals surface area contributed by atoms with E-state index in [9.17, 15) is 28.1 Å². The Morgan fingerprint density at radius 2 is 2.23 bits per heavy atom. The fraction of sp³-hybridized carbons (Fsp3) is 0.300. The SMILES string of the molecule is O=C(NCCn1cc([N+](=O)[O-])cn1)c1cc(C(F)(F)F)[nH]n1. The van der Waals surface area contributed by atoms with Crippen LogP contribution in [0.4, 0.5) is 18.9 Å². The minimum atomic E-state index is -4.61. The summed E-state index contributed by atoms with van der Waals surface area (Å²) < 4.78 is 38.2. The van der Waals surface area contributed by atoms with Gasteiger partial charge in [0.05, 0.1) is 11.5 Å². The quantitative estimate of drug-likeness (QED) is 0.629. The Balaban J connectivity index is 1.87. The molecule has 0 unspecified atom stereocenters. The maximum absolute atomic E-state index is 12.3. The number of aromatic nitrogens is 4. The second-order valence-electron chi connectivity index (χ2n) is 4.14. The molecule has 2 N–H and O–H groups in total. The zero-order valence-corrected chi connectivity index (χ0v) is 10.8. The van der Waals surface area contributed by atoms with Crippen molar-refractivity contribution < 1.29 is 22.9 Å². The molecule has 9 nitrogen and oxygen atoms in total. The third-order valence-electron chi connectivity index (χ3n) is 2.57. The molecule has 0 bridgehead atoms. The van der Waals surface area contributed by atoms with Crippen molar-refractivity contribution in [2.45, 2.75) is 12.7 Å². The monoisotopic (exact) mass is 318 g/mol. The number of aromatic amines is 1. The molecule has 0 aromatic carbocycles. The summed E-state index contributed by atoms with van der Waals surface area (Å²) in [6.45, 7) is 0.141. The van der Waals surface area contributed by atoms with Crippen LogP contribution in [0.2, 0.25) is 0 Å². The Hall–Kier alpha value is -2.92. The number of amides is 1. The highest BCUT2D eigenvalue weighted by molar-refractivity contribution is 5.92. The van der Waals surface area contributed by atoms with E-state index < -0.39 is 28.4 Å². The zero-order valence-electron chi connectivity index (χ0n) is 10.8. The number of hydrogen-bond donors (Lipinski definition) is 2. The summed E-state index contributed by atoms with van der Waals surface area (Å²) in [4.78, 5) is 21.4. The van der Waals surface area contributed by atoms with E-state index in [2.05, 4.69) is 15.5 Å². The molecule has 0 aliphatic heterocycles. The number of carbonyl (C=O) groups excluding carboxylic acids is 1. The van der Waals surface area contributed by atoms with Crippen LogP contribution >= 0.6 is 0 Å². The summed E-state index contributed by atoms with van der Waals surface area (Å²) >= 11 is 0. The Bertz CT molecular complexity index is 692. The molecule has 12 heteroatoms. The summed E-state index contributed by atoms with van der Waals surface area (Å²) in [6, 6.07) is 0.591. The number of halogens is 3. The topological polar surface area (TPSA) is 119 Å². The second kappa shape index (κ2) is 5.83. The third kappa shape index (κ3) is 3.59. The number of alkyl halides is 3. The molecule has 2 aromatic rings. The van der Waals surface area contributed by atoms with Crippen molar-refractivity contribution in [1.29, 1.82) is 0 Å². The van der Waals surface area contributed by atoms with Gasteiger partial charge in [-0.2, -0.15) is 23.4 Å². The Labute approximate surface area is 120 Å². The van der Waals surface area contributed by atoms with Crippen molar-refractivity contribution in [3.8, 4) is 0 Å². The zero-order chi connectivity index (χ0) is 16.3. The lowest BCUT2D eigenvalue weighted by Gasteiger charge is -2.03. The van der Waals surface area contributed by atoms with Gasteiger partial charge in [-0.25, -0.2) is 0 Å². The van der Waals surface area contributed by atoms with Crippen LogP contribution in [-0.2, 0) is 12.7 Å². The third-order valence-corrected chi connectivity index (χ3v) is 2.57. The highest BCUT2D eigenvalue weighted by atomic mass is 19.4. The van der Waals surface area contributed by atoms with E-state index in [1.54, 1.807) is 5.10 Å². The fourth-order valence-corrected chi connectivity index (χ4v) is 1.53. The van der Waals surface area contributed by atoms with Crippen molar-refractivity contribution in [3.63, 3.8) is 0 Å². The molecule has 2 rings (SSSR count). The van der Waals surface area contributed by atoms with Crippen LogP contribution in [0.25, 0.3) is 0 Å². The number of nitrogens with zero attached hydrogens (tertiary/aromatic N) is 4. The summed E-state index contributed by atoms with van der Waals surface area (Å²) in [5.74, 6) is -0.798. The molecule has 118 valence electrons. The fourth-order valence-electron chi connectivity index (χ4n) is 1.53. The standard InChI is InChI=1S/C10H9F3N6O3/c11-10(12,13)8-3-7(16-17-8)9(20)14-1-2-18-5-6(4-15-18)19(21)22/h3-5H,1-2H2,(H,14,20)(H,16,17). The first-order valence-electron chi connectivity index (χ1n) is 5.85. The van der Waals surface area contributed by atoms with E-state index in [0.29, 0.717) is 6.07 Å². The van der Waals surface area contributed by atoms with E-state index in [-0.39, 0.29) is 18.8 Å². The van der Waals surface area contributed by atoms with Crippen LogP contribution in [0.15, 0.2) is 18.5 Å². The van der Waals surface area contributed by atoms with E-state index in [0.717, 1.165) is 6.20 Å². The van der Waals surface area contributed by atoms with Gasteiger partial charge in [-0.3, -0.25) is 24.7 Å². The normalized spacial score (nSPS) is 11.4. The van der Waals surface area contributed by atoms with Crippen molar-refractivity contribution in [3.05, 3.63) is 40.0 Å². The number of rotatable bonds is 5. The van der Waals surface area contributed by atoms with Crippen molar-refractivity contribution in [1.82, 2.24) is 25.3 Å². The second-order valence-corrected chi connectivity index (χ2v) is 4.14. The maximum Gasteiger partial charge on any atom is 0.432 e. The summed E-state index contributed by atoms with van der Waals surface area (Å²) in [6.07, 6.45) is -2.40. The molecule has 0 aliphatic rings. The van der Waals surface area contributed by atoms with Crippen LogP contribution in [0, 0.1) is 10.1 Å². The molecular weight excluding hydrogens is 309 g/mol.